The second kappa shape index (κ2) is 6.31. The van der Waals surface area contributed by atoms with Crippen LogP contribution in [0.4, 0.5) is 4.39 Å². The molecule has 2 aromatic rings. The first kappa shape index (κ1) is 14.2. The zero-order chi connectivity index (χ0) is 14.5. The Balaban J connectivity index is 2.47. The van der Waals surface area contributed by atoms with Gasteiger partial charge < -0.3 is 9.47 Å². The Morgan fingerprint density at radius 2 is 1.95 bits per heavy atom. The molecule has 0 fully saturated rings. The van der Waals surface area contributed by atoms with E-state index in [1.54, 1.807) is 37.6 Å². The van der Waals surface area contributed by atoms with E-state index in [0.29, 0.717) is 11.4 Å². The number of halogens is 1. The Morgan fingerprint density at radius 1 is 1.20 bits per heavy atom. The van der Waals surface area contributed by atoms with Gasteiger partial charge in [0, 0.05) is 6.20 Å². The van der Waals surface area contributed by atoms with Gasteiger partial charge >= 0.3 is 0 Å². The topological polar surface area (TPSA) is 69.4 Å². The predicted octanol–water partition coefficient (Wildman–Crippen LogP) is 1.79. The fourth-order valence-corrected chi connectivity index (χ4v) is 1.98. The number of nitrogens with one attached hydrogen (secondary N) is 1. The highest BCUT2D eigenvalue weighted by Crippen LogP contribution is 2.30. The third kappa shape index (κ3) is 2.71. The molecule has 106 valence electrons. The lowest BCUT2D eigenvalue weighted by Gasteiger charge is -2.19. The first-order valence-electron chi connectivity index (χ1n) is 5.99. The smallest absolute Gasteiger partial charge is 0.165 e. The molecule has 0 saturated heterocycles. The van der Waals surface area contributed by atoms with Crippen LogP contribution in [0.25, 0.3) is 0 Å². The molecule has 0 spiro atoms. The zero-order valence-electron chi connectivity index (χ0n) is 11.3. The Morgan fingerprint density at radius 3 is 2.60 bits per heavy atom. The van der Waals surface area contributed by atoms with Crippen LogP contribution in [0.2, 0.25) is 0 Å². The molecule has 0 radical (unpaired) electrons. The van der Waals surface area contributed by atoms with Gasteiger partial charge in [0.25, 0.3) is 0 Å². The highest BCUT2D eigenvalue weighted by molar-refractivity contribution is 5.40. The fraction of sp³-hybridized carbons (Fsp3) is 0.214. The van der Waals surface area contributed by atoms with Gasteiger partial charge in [-0.1, -0.05) is 6.07 Å². The third-order valence-corrected chi connectivity index (χ3v) is 2.97. The van der Waals surface area contributed by atoms with Gasteiger partial charge in [0.15, 0.2) is 11.6 Å². The van der Waals surface area contributed by atoms with Crippen molar-refractivity contribution in [1.29, 1.82) is 0 Å². The van der Waals surface area contributed by atoms with Crippen LogP contribution >= 0.6 is 0 Å². The number of methoxy groups -OCH3 is 2. The van der Waals surface area contributed by atoms with Gasteiger partial charge in [-0.25, -0.2) is 9.82 Å². The van der Waals surface area contributed by atoms with Gasteiger partial charge in [-0.2, -0.15) is 0 Å². The maximum Gasteiger partial charge on any atom is 0.165 e. The van der Waals surface area contributed by atoms with E-state index in [1.807, 2.05) is 0 Å². The van der Waals surface area contributed by atoms with Crippen molar-refractivity contribution in [3.8, 4) is 11.5 Å². The summed E-state index contributed by atoms with van der Waals surface area (Å²) in [4.78, 5) is 4.27. The van der Waals surface area contributed by atoms with Crippen molar-refractivity contribution in [1.82, 2.24) is 10.4 Å². The second-order valence-corrected chi connectivity index (χ2v) is 4.08. The Bertz CT molecular complexity index is 592. The highest BCUT2D eigenvalue weighted by atomic mass is 19.1. The van der Waals surface area contributed by atoms with Crippen molar-refractivity contribution >= 4 is 0 Å². The minimum atomic E-state index is -0.431. The van der Waals surface area contributed by atoms with Crippen LogP contribution in [-0.2, 0) is 0 Å². The van der Waals surface area contributed by atoms with Crippen molar-refractivity contribution in [2.75, 3.05) is 14.2 Å². The van der Waals surface area contributed by atoms with Gasteiger partial charge in [0.05, 0.1) is 20.3 Å². The van der Waals surface area contributed by atoms with Crippen LogP contribution in [0.3, 0.4) is 0 Å². The number of pyridine rings is 1. The van der Waals surface area contributed by atoms with Crippen molar-refractivity contribution in [3.05, 3.63) is 53.6 Å². The van der Waals surface area contributed by atoms with E-state index in [0.717, 1.165) is 5.56 Å². The number of rotatable bonds is 5. The van der Waals surface area contributed by atoms with Gasteiger partial charge in [-0.05, 0) is 29.8 Å². The number of aromatic nitrogens is 1. The Hall–Kier alpha value is -2.18. The molecule has 1 heterocycles. The molecule has 1 unspecified atom stereocenters. The largest absolute Gasteiger partial charge is 0.495 e. The summed E-state index contributed by atoms with van der Waals surface area (Å²) in [6, 6.07) is 7.65. The van der Waals surface area contributed by atoms with E-state index in [4.69, 9.17) is 15.3 Å². The number of benzene rings is 1. The van der Waals surface area contributed by atoms with Gasteiger partial charge in [-0.15, -0.1) is 0 Å². The number of ether oxygens (including phenoxy) is 2. The summed E-state index contributed by atoms with van der Waals surface area (Å²) < 4.78 is 23.7. The van der Waals surface area contributed by atoms with E-state index in [2.05, 4.69) is 10.4 Å². The molecular formula is C14H16FN3O2. The average molecular weight is 277 g/mol. The summed E-state index contributed by atoms with van der Waals surface area (Å²) in [6.07, 6.45) is 1.64. The van der Waals surface area contributed by atoms with Gasteiger partial charge in [0.2, 0.25) is 0 Å². The van der Waals surface area contributed by atoms with E-state index in [9.17, 15) is 4.39 Å². The van der Waals surface area contributed by atoms with E-state index in [1.165, 1.54) is 13.2 Å². The number of hydrogen-bond acceptors (Lipinski definition) is 5. The molecule has 1 atom stereocenters. The normalized spacial score (nSPS) is 12.0. The van der Waals surface area contributed by atoms with Gasteiger partial charge in [0.1, 0.15) is 11.4 Å². The van der Waals surface area contributed by atoms with Crippen LogP contribution in [-0.4, -0.2) is 19.2 Å². The van der Waals surface area contributed by atoms with Gasteiger partial charge in [-0.3, -0.25) is 10.8 Å². The Labute approximate surface area is 116 Å². The SMILES string of the molecule is COc1cc(C(NN)c2ncccc2OC)ccc1F. The van der Waals surface area contributed by atoms with Crippen molar-refractivity contribution in [3.63, 3.8) is 0 Å². The molecular weight excluding hydrogens is 261 g/mol. The molecule has 5 nitrogen and oxygen atoms in total. The molecule has 0 amide bonds. The molecule has 20 heavy (non-hydrogen) atoms. The zero-order valence-corrected chi connectivity index (χ0v) is 11.3. The first-order chi connectivity index (χ1) is 9.71. The number of nitrogens with zero attached hydrogens (tertiary/aromatic N) is 1. The molecule has 1 aromatic heterocycles. The van der Waals surface area contributed by atoms with Crippen LogP contribution in [0.5, 0.6) is 11.5 Å². The summed E-state index contributed by atoms with van der Waals surface area (Å²) in [5, 5.41) is 0. The molecule has 1 aromatic carbocycles. The minimum Gasteiger partial charge on any atom is -0.495 e. The summed E-state index contributed by atoms with van der Waals surface area (Å²) >= 11 is 0. The molecule has 0 saturated carbocycles. The fourth-order valence-electron chi connectivity index (χ4n) is 1.98. The lowest BCUT2D eigenvalue weighted by Crippen LogP contribution is -2.30. The summed E-state index contributed by atoms with van der Waals surface area (Å²) in [5.41, 5.74) is 4.00. The number of hydrazine groups is 1. The molecule has 2 rings (SSSR count). The van der Waals surface area contributed by atoms with Crippen molar-refractivity contribution < 1.29 is 13.9 Å². The minimum absolute atomic E-state index is 0.151. The number of nitrogens with two attached hydrogens (primary N) is 1. The standard InChI is InChI=1S/C14H16FN3O2/c1-19-11-4-3-7-17-14(11)13(18-16)9-5-6-10(15)12(8-9)20-2/h3-8,13,18H,16H2,1-2H3. The van der Waals surface area contributed by atoms with Crippen LogP contribution < -0.4 is 20.7 Å². The van der Waals surface area contributed by atoms with Crippen LogP contribution in [0.1, 0.15) is 17.3 Å². The monoisotopic (exact) mass is 277 g/mol. The molecule has 0 aliphatic carbocycles. The van der Waals surface area contributed by atoms with Crippen molar-refractivity contribution in [2.24, 2.45) is 5.84 Å². The molecule has 6 heteroatoms. The molecule has 0 aliphatic rings. The molecule has 0 bridgehead atoms. The summed E-state index contributed by atoms with van der Waals surface area (Å²) in [7, 11) is 2.97. The second-order valence-electron chi connectivity index (χ2n) is 4.08. The molecule has 0 aliphatic heterocycles. The third-order valence-electron chi connectivity index (χ3n) is 2.97. The maximum atomic E-state index is 13.5. The lowest BCUT2D eigenvalue weighted by molar-refractivity contribution is 0.384. The summed E-state index contributed by atoms with van der Waals surface area (Å²) in [5.74, 6) is 5.93. The first-order valence-corrected chi connectivity index (χ1v) is 5.99. The quantitative estimate of drug-likeness (QED) is 0.644. The van der Waals surface area contributed by atoms with E-state index in [-0.39, 0.29) is 5.75 Å². The average Bonchev–Trinajstić information content (AvgIpc) is 2.50. The van der Waals surface area contributed by atoms with Crippen molar-refractivity contribution in [2.45, 2.75) is 6.04 Å². The molecule has 3 N–H and O–H groups in total. The maximum absolute atomic E-state index is 13.5. The van der Waals surface area contributed by atoms with Crippen LogP contribution in [0, 0.1) is 5.82 Å². The highest BCUT2D eigenvalue weighted by Gasteiger charge is 2.19. The van der Waals surface area contributed by atoms with E-state index >= 15 is 0 Å². The van der Waals surface area contributed by atoms with E-state index < -0.39 is 11.9 Å². The lowest BCUT2D eigenvalue weighted by atomic mass is 10.0. The van der Waals surface area contributed by atoms with Crippen LogP contribution in [0.15, 0.2) is 36.5 Å². The predicted molar refractivity (Wildman–Crippen MR) is 72.9 cm³/mol. The Kier molecular flexibility index (Phi) is 4.49. The number of hydrogen-bond donors (Lipinski definition) is 2. The summed E-state index contributed by atoms with van der Waals surface area (Å²) in [6.45, 7) is 0.